The second kappa shape index (κ2) is 6.86. The maximum absolute atomic E-state index is 11.8. The van der Waals surface area contributed by atoms with Crippen LogP contribution in [0.15, 0.2) is 0 Å². The summed E-state index contributed by atoms with van der Waals surface area (Å²) in [5.74, 6) is -0.583. The Kier molecular flexibility index (Phi) is 5.77. The lowest BCUT2D eigenvalue weighted by Gasteiger charge is -2.17. The van der Waals surface area contributed by atoms with Gasteiger partial charge in [0, 0.05) is 0 Å². The van der Waals surface area contributed by atoms with Crippen LogP contribution in [0.1, 0.15) is 26.2 Å². The Balaban J connectivity index is 2.43. The fourth-order valence-electron chi connectivity index (χ4n) is 1.75. The van der Waals surface area contributed by atoms with Crippen LogP contribution in [0.2, 0.25) is 0 Å². The van der Waals surface area contributed by atoms with Gasteiger partial charge in [-0.1, -0.05) is 0 Å². The zero-order valence-electron chi connectivity index (χ0n) is 10.1. The molecule has 1 aliphatic heterocycles. The molecule has 0 aromatic rings. The van der Waals surface area contributed by atoms with Crippen molar-refractivity contribution in [3.63, 3.8) is 0 Å². The molecule has 5 nitrogen and oxygen atoms in total. The van der Waals surface area contributed by atoms with Crippen LogP contribution in [-0.2, 0) is 14.3 Å². The molecule has 1 heterocycles. The summed E-state index contributed by atoms with van der Waals surface area (Å²) in [6, 6.07) is -0.811. The van der Waals surface area contributed by atoms with Gasteiger partial charge in [-0.25, -0.2) is 4.79 Å². The van der Waals surface area contributed by atoms with E-state index in [-0.39, 0.29) is 12.0 Å². The van der Waals surface area contributed by atoms with Crippen molar-refractivity contribution in [2.24, 2.45) is 0 Å². The molecule has 0 aromatic heterocycles. The largest absolute Gasteiger partial charge is 0.480 e. The monoisotopic (exact) mass is 261 g/mol. The highest BCUT2D eigenvalue weighted by atomic mass is 32.2. The van der Waals surface area contributed by atoms with Crippen molar-refractivity contribution < 1.29 is 19.4 Å². The van der Waals surface area contributed by atoms with E-state index in [9.17, 15) is 9.59 Å². The predicted molar refractivity (Wildman–Crippen MR) is 66.1 cm³/mol. The predicted octanol–water partition coefficient (Wildman–Crippen LogP) is 0.876. The van der Waals surface area contributed by atoms with Gasteiger partial charge in [-0.15, -0.1) is 0 Å². The number of amides is 1. The Hall–Kier alpha value is -0.750. The van der Waals surface area contributed by atoms with E-state index in [0.29, 0.717) is 18.6 Å². The first-order valence-electron chi connectivity index (χ1n) is 5.72. The summed E-state index contributed by atoms with van der Waals surface area (Å²) in [5.41, 5.74) is 0. The topological polar surface area (TPSA) is 75.6 Å². The molecule has 2 unspecified atom stereocenters. The Labute approximate surface area is 105 Å². The van der Waals surface area contributed by atoms with Crippen LogP contribution in [0.3, 0.4) is 0 Å². The molecule has 1 aliphatic rings. The average molecular weight is 261 g/mol. The molecule has 0 aliphatic carbocycles. The van der Waals surface area contributed by atoms with Crippen molar-refractivity contribution >= 4 is 23.6 Å². The first-order chi connectivity index (χ1) is 8.04. The highest BCUT2D eigenvalue weighted by Crippen LogP contribution is 2.19. The van der Waals surface area contributed by atoms with Crippen LogP contribution in [0, 0.1) is 0 Å². The smallest absolute Gasteiger partial charge is 0.326 e. The van der Waals surface area contributed by atoms with Gasteiger partial charge in [-0.3, -0.25) is 4.79 Å². The highest BCUT2D eigenvalue weighted by molar-refractivity contribution is 7.98. The van der Waals surface area contributed by atoms with Gasteiger partial charge < -0.3 is 15.2 Å². The first kappa shape index (κ1) is 14.3. The minimum absolute atomic E-state index is 0.0835. The normalized spacial score (nSPS) is 25.5. The lowest BCUT2D eigenvalue weighted by atomic mass is 10.1. The summed E-state index contributed by atoms with van der Waals surface area (Å²) in [6.45, 7) is 1.91. The van der Waals surface area contributed by atoms with Crippen molar-refractivity contribution in [3.05, 3.63) is 0 Å². The maximum atomic E-state index is 11.8. The van der Waals surface area contributed by atoms with Crippen LogP contribution >= 0.6 is 11.8 Å². The molecule has 0 spiro atoms. The molecule has 0 aromatic carbocycles. The number of carbonyl (C=O) groups is 2. The number of carbonyl (C=O) groups excluding carboxylic acids is 1. The molecule has 6 heteroatoms. The zero-order chi connectivity index (χ0) is 12.8. The van der Waals surface area contributed by atoms with Crippen molar-refractivity contribution in [2.75, 3.05) is 12.0 Å². The van der Waals surface area contributed by atoms with Gasteiger partial charge in [0.15, 0.2) is 0 Å². The van der Waals surface area contributed by atoms with Gasteiger partial charge in [0.1, 0.15) is 12.1 Å². The van der Waals surface area contributed by atoms with E-state index >= 15 is 0 Å². The Morgan fingerprint density at radius 2 is 2.24 bits per heavy atom. The third-order valence-electron chi connectivity index (χ3n) is 2.75. The van der Waals surface area contributed by atoms with Gasteiger partial charge in [0.25, 0.3) is 0 Å². The molecule has 2 N–H and O–H groups in total. The number of aliphatic carboxylic acids is 1. The second-order valence-electron chi connectivity index (χ2n) is 4.19. The molecule has 1 rings (SSSR count). The van der Waals surface area contributed by atoms with Gasteiger partial charge in [0.2, 0.25) is 5.91 Å². The van der Waals surface area contributed by atoms with Crippen LogP contribution < -0.4 is 5.32 Å². The van der Waals surface area contributed by atoms with E-state index in [4.69, 9.17) is 9.84 Å². The maximum Gasteiger partial charge on any atom is 0.326 e. The standard InChI is InChI=1S/C11H19NO4S/c1-7-3-4-9(16-7)10(13)12-8(11(14)15)5-6-17-2/h7-9H,3-6H2,1-2H3,(H,12,13)(H,14,15)/t7?,8-,9?/m0/s1. The van der Waals surface area contributed by atoms with Crippen molar-refractivity contribution in [3.8, 4) is 0 Å². The third-order valence-corrected chi connectivity index (χ3v) is 3.39. The molecule has 1 amide bonds. The number of hydrogen-bond donors (Lipinski definition) is 2. The van der Waals surface area contributed by atoms with Crippen LogP contribution in [0.4, 0.5) is 0 Å². The van der Waals surface area contributed by atoms with E-state index in [1.807, 2.05) is 13.2 Å². The number of carboxylic acid groups (broad SMARTS) is 1. The third kappa shape index (κ3) is 4.55. The number of ether oxygens (including phenoxy) is 1. The summed E-state index contributed by atoms with van der Waals surface area (Å²) in [4.78, 5) is 22.7. The fraction of sp³-hybridized carbons (Fsp3) is 0.818. The number of rotatable bonds is 6. The number of nitrogens with one attached hydrogen (secondary N) is 1. The fourth-order valence-corrected chi connectivity index (χ4v) is 2.22. The number of hydrogen-bond acceptors (Lipinski definition) is 4. The molecule has 0 radical (unpaired) electrons. The van der Waals surface area contributed by atoms with E-state index in [1.54, 1.807) is 11.8 Å². The van der Waals surface area contributed by atoms with Crippen molar-refractivity contribution in [2.45, 2.75) is 44.4 Å². The van der Waals surface area contributed by atoms with E-state index in [0.717, 1.165) is 6.42 Å². The van der Waals surface area contributed by atoms with Crippen LogP contribution in [-0.4, -0.2) is 47.2 Å². The number of thioether (sulfide) groups is 1. The number of carboxylic acids is 1. The van der Waals surface area contributed by atoms with Gasteiger partial charge in [-0.2, -0.15) is 11.8 Å². The Morgan fingerprint density at radius 3 is 2.71 bits per heavy atom. The average Bonchev–Trinajstić information content (AvgIpc) is 2.70. The van der Waals surface area contributed by atoms with E-state index in [1.165, 1.54) is 0 Å². The molecule has 3 atom stereocenters. The molecule has 0 bridgehead atoms. The van der Waals surface area contributed by atoms with Crippen molar-refractivity contribution in [1.29, 1.82) is 0 Å². The SMILES string of the molecule is CSCC[C@H](NC(=O)C1CCC(C)O1)C(=O)O. The lowest BCUT2D eigenvalue weighted by Crippen LogP contribution is -2.45. The van der Waals surface area contributed by atoms with Crippen molar-refractivity contribution in [1.82, 2.24) is 5.32 Å². The molecule has 1 saturated heterocycles. The minimum Gasteiger partial charge on any atom is -0.480 e. The van der Waals surface area contributed by atoms with E-state index < -0.39 is 18.1 Å². The minimum atomic E-state index is -0.988. The molecular weight excluding hydrogens is 242 g/mol. The van der Waals surface area contributed by atoms with E-state index in [2.05, 4.69) is 5.32 Å². The van der Waals surface area contributed by atoms with Crippen LogP contribution in [0.25, 0.3) is 0 Å². The Bertz CT molecular complexity index is 285. The summed E-state index contributed by atoms with van der Waals surface area (Å²) >= 11 is 1.56. The van der Waals surface area contributed by atoms with Gasteiger partial charge >= 0.3 is 5.97 Å². The molecule has 17 heavy (non-hydrogen) atoms. The quantitative estimate of drug-likeness (QED) is 0.742. The molecule has 1 fully saturated rings. The molecular formula is C11H19NO4S. The Morgan fingerprint density at radius 1 is 1.53 bits per heavy atom. The lowest BCUT2D eigenvalue weighted by molar-refractivity contribution is -0.144. The zero-order valence-corrected chi connectivity index (χ0v) is 11.0. The summed E-state index contributed by atoms with van der Waals surface area (Å²) in [5, 5.41) is 11.5. The van der Waals surface area contributed by atoms with Gasteiger partial charge in [0.05, 0.1) is 6.10 Å². The molecule has 0 saturated carbocycles. The molecule has 98 valence electrons. The second-order valence-corrected chi connectivity index (χ2v) is 5.18. The highest BCUT2D eigenvalue weighted by Gasteiger charge is 2.30. The van der Waals surface area contributed by atoms with Gasteiger partial charge in [-0.05, 0) is 38.2 Å². The summed E-state index contributed by atoms with van der Waals surface area (Å²) < 4.78 is 5.40. The summed E-state index contributed by atoms with van der Waals surface area (Å²) in [7, 11) is 0. The van der Waals surface area contributed by atoms with Crippen LogP contribution in [0.5, 0.6) is 0 Å². The first-order valence-corrected chi connectivity index (χ1v) is 7.11. The summed E-state index contributed by atoms with van der Waals surface area (Å²) in [6.07, 6.45) is 3.46.